The first kappa shape index (κ1) is 9.00. The molecule has 2 atom stereocenters. The molecule has 1 aliphatic rings. The van der Waals surface area contributed by atoms with E-state index in [1.807, 2.05) is 0 Å². The number of allylic oxidation sites excluding steroid dienone is 2. The Kier molecular flexibility index (Phi) is 2.25. The zero-order chi connectivity index (χ0) is 8.65. The lowest BCUT2D eigenvalue weighted by molar-refractivity contribution is 0.678. The fourth-order valence-electron chi connectivity index (χ4n) is 0.939. The van der Waals surface area contributed by atoms with Gasteiger partial charge in [0.2, 0.25) is 0 Å². The van der Waals surface area contributed by atoms with Crippen molar-refractivity contribution >= 4 is 26.2 Å². The fraction of sp³-hybridized carbons (Fsp3) is 0.571. The van der Waals surface area contributed by atoms with Gasteiger partial charge in [0, 0.05) is 21.3 Å². The van der Waals surface area contributed by atoms with E-state index in [4.69, 9.17) is 0 Å². The Labute approximate surface area is 70.2 Å². The van der Waals surface area contributed by atoms with Crippen LogP contribution in [0, 0.1) is 0 Å². The second-order valence-electron chi connectivity index (χ2n) is 2.68. The summed E-state index contributed by atoms with van der Waals surface area (Å²) in [5.41, 5.74) is 0. The van der Waals surface area contributed by atoms with Crippen LogP contribution in [0.4, 0.5) is 0 Å². The van der Waals surface area contributed by atoms with Gasteiger partial charge in [0.05, 0.1) is 10.8 Å². The van der Waals surface area contributed by atoms with E-state index >= 15 is 0 Å². The maximum atomic E-state index is 11.6. The topological polar surface area (TPSA) is 34.1 Å². The summed E-state index contributed by atoms with van der Waals surface area (Å²) in [6.07, 6.45) is 0. The molecule has 0 fully saturated rings. The van der Waals surface area contributed by atoms with Crippen LogP contribution in [0.1, 0.15) is 13.8 Å². The largest absolute Gasteiger partial charge is 0.263 e. The molecule has 0 N–H and O–H groups in total. The second-order valence-corrected chi connectivity index (χ2v) is 7.03. The highest BCUT2D eigenvalue weighted by Crippen LogP contribution is 2.20. The lowest BCUT2D eigenvalue weighted by Crippen LogP contribution is -2.21. The van der Waals surface area contributed by atoms with Crippen molar-refractivity contribution in [3.05, 3.63) is 9.81 Å². The van der Waals surface area contributed by atoms with Gasteiger partial charge < -0.3 is 0 Å². The molecule has 11 heavy (non-hydrogen) atoms. The zero-order valence-electron chi connectivity index (χ0n) is 6.75. The fourth-order valence-corrected chi connectivity index (χ4v) is 4.81. The van der Waals surface area contributed by atoms with Crippen LogP contribution >= 0.6 is 0 Å². The molecular formula is C7H12O2S2. The SMILES string of the molecule is C=S1(=O)CCS(=O)C(C)=C1C. The molecule has 0 amide bonds. The molecule has 0 spiro atoms. The molecule has 1 rings (SSSR count). The molecule has 0 saturated heterocycles. The first-order valence-electron chi connectivity index (χ1n) is 3.36. The summed E-state index contributed by atoms with van der Waals surface area (Å²) in [4.78, 5) is 1.50. The van der Waals surface area contributed by atoms with Gasteiger partial charge in [0.15, 0.2) is 0 Å². The number of hydrogen-bond donors (Lipinski definition) is 0. The minimum absolute atomic E-state index is 0.475. The molecule has 0 saturated carbocycles. The highest BCUT2D eigenvalue weighted by atomic mass is 32.2. The quantitative estimate of drug-likeness (QED) is 0.530. The molecule has 0 bridgehead atoms. The van der Waals surface area contributed by atoms with Gasteiger partial charge in [-0.05, 0) is 29.2 Å². The number of hydrogen-bond acceptors (Lipinski definition) is 2. The van der Waals surface area contributed by atoms with Crippen LogP contribution in [-0.4, -0.2) is 25.8 Å². The monoisotopic (exact) mass is 192 g/mol. The van der Waals surface area contributed by atoms with Crippen molar-refractivity contribution in [1.29, 1.82) is 0 Å². The molecule has 64 valence electrons. The van der Waals surface area contributed by atoms with E-state index in [0.717, 1.165) is 9.81 Å². The maximum Gasteiger partial charge on any atom is 0.0503 e. The molecule has 2 nitrogen and oxygen atoms in total. The standard InChI is InChI=1S/C7H12O2S2/c1-6-7(2)11(3,9)5-4-10(6)8/h3-5H2,1-2H3. The third-order valence-corrected chi connectivity index (χ3v) is 6.23. The van der Waals surface area contributed by atoms with Crippen LogP contribution in [0.5, 0.6) is 0 Å². The van der Waals surface area contributed by atoms with Crippen LogP contribution in [0.15, 0.2) is 9.81 Å². The van der Waals surface area contributed by atoms with Crippen molar-refractivity contribution < 1.29 is 8.42 Å². The van der Waals surface area contributed by atoms with Crippen molar-refractivity contribution in [2.45, 2.75) is 13.8 Å². The van der Waals surface area contributed by atoms with Gasteiger partial charge >= 0.3 is 0 Å². The smallest absolute Gasteiger partial charge is 0.0503 e. The van der Waals surface area contributed by atoms with Crippen LogP contribution in [-0.2, 0) is 20.3 Å². The van der Waals surface area contributed by atoms with Crippen molar-refractivity contribution in [2.75, 3.05) is 11.5 Å². The molecule has 2 unspecified atom stereocenters. The molecule has 0 aromatic carbocycles. The average molecular weight is 192 g/mol. The molecule has 0 radical (unpaired) electrons. The Morgan fingerprint density at radius 1 is 1.55 bits per heavy atom. The van der Waals surface area contributed by atoms with E-state index in [0.29, 0.717) is 11.5 Å². The van der Waals surface area contributed by atoms with Crippen molar-refractivity contribution in [2.24, 2.45) is 0 Å². The highest BCUT2D eigenvalue weighted by Gasteiger charge is 2.20. The summed E-state index contributed by atoms with van der Waals surface area (Å²) in [5.74, 6) is 4.61. The Morgan fingerprint density at radius 3 is 2.55 bits per heavy atom. The highest BCUT2D eigenvalue weighted by molar-refractivity contribution is 8.06. The molecule has 0 aromatic heterocycles. The summed E-state index contributed by atoms with van der Waals surface area (Å²) >= 11 is 0. The minimum Gasteiger partial charge on any atom is -0.263 e. The van der Waals surface area contributed by atoms with E-state index in [1.54, 1.807) is 13.8 Å². The molecular weight excluding hydrogens is 180 g/mol. The van der Waals surface area contributed by atoms with E-state index in [2.05, 4.69) is 5.87 Å². The normalized spacial score (nSPS) is 39.3. The van der Waals surface area contributed by atoms with Crippen LogP contribution in [0.3, 0.4) is 0 Å². The van der Waals surface area contributed by atoms with Gasteiger partial charge in [-0.2, -0.15) is 0 Å². The van der Waals surface area contributed by atoms with Gasteiger partial charge in [-0.1, -0.05) is 0 Å². The summed E-state index contributed by atoms with van der Waals surface area (Å²) in [5, 5.41) is 0. The third-order valence-electron chi connectivity index (χ3n) is 1.99. The Bertz CT molecular complexity index is 322. The first-order chi connectivity index (χ1) is 4.95. The predicted molar refractivity (Wildman–Crippen MR) is 51.5 cm³/mol. The molecule has 1 heterocycles. The molecule has 1 aliphatic heterocycles. The maximum absolute atomic E-state index is 11.6. The number of rotatable bonds is 0. The van der Waals surface area contributed by atoms with Gasteiger partial charge in [0.25, 0.3) is 0 Å². The van der Waals surface area contributed by atoms with Crippen molar-refractivity contribution in [3.8, 4) is 0 Å². The Morgan fingerprint density at radius 2 is 2.09 bits per heavy atom. The van der Waals surface area contributed by atoms with Crippen LogP contribution in [0.25, 0.3) is 0 Å². The van der Waals surface area contributed by atoms with Crippen molar-refractivity contribution in [3.63, 3.8) is 0 Å². The van der Waals surface area contributed by atoms with Gasteiger partial charge in [-0.3, -0.25) is 8.42 Å². The van der Waals surface area contributed by atoms with Crippen LogP contribution in [0.2, 0.25) is 0 Å². The van der Waals surface area contributed by atoms with Crippen LogP contribution < -0.4 is 0 Å². The average Bonchev–Trinajstić information content (AvgIpc) is 1.95. The summed E-state index contributed by atoms with van der Waals surface area (Å²) in [6.45, 7) is 3.54. The lowest BCUT2D eigenvalue weighted by Gasteiger charge is -2.18. The van der Waals surface area contributed by atoms with E-state index < -0.39 is 20.3 Å². The summed E-state index contributed by atoms with van der Waals surface area (Å²) < 4.78 is 22.8. The summed E-state index contributed by atoms with van der Waals surface area (Å²) in [7, 11) is -2.96. The predicted octanol–water partition coefficient (Wildman–Crippen LogP) is 0.717. The molecule has 0 aromatic rings. The molecule has 4 heteroatoms. The molecule has 0 aliphatic carbocycles. The lowest BCUT2D eigenvalue weighted by atomic mass is 10.6. The summed E-state index contributed by atoms with van der Waals surface area (Å²) in [6, 6.07) is 0. The van der Waals surface area contributed by atoms with E-state index in [1.165, 1.54) is 0 Å². The van der Waals surface area contributed by atoms with E-state index in [-0.39, 0.29) is 0 Å². The van der Waals surface area contributed by atoms with Gasteiger partial charge in [0.1, 0.15) is 0 Å². The third kappa shape index (κ3) is 1.56. The Balaban J connectivity index is 3.29. The zero-order valence-corrected chi connectivity index (χ0v) is 8.39. The second kappa shape index (κ2) is 2.75. The minimum atomic E-state index is -2.06. The van der Waals surface area contributed by atoms with Crippen molar-refractivity contribution in [1.82, 2.24) is 0 Å². The van der Waals surface area contributed by atoms with Gasteiger partial charge in [-0.25, -0.2) is 0 Å². The van der Waals surface area contributed by atoms with Gasteiger partial charge in [-0.15, -0.1) is 0 Å². The first-order valence-corrected chi connectivity index (χ1v) is 6.57. The Hall–Kier alpha value is -0.0900. The van der Waals surface area contributed by atoms with E-state index in [9.17, 15) is 8.42 Å².